The van der Waals surface area contributed by atoms with Crippen LogP contribution in [0.4, 0.5) is 0 Å². The van der Waals surface area contributed by atoms with Crippen LogP contribution in [0, 0.1) is 0 Å². The molecule has 1 aliphatic heterocycles. The molecule has 5 nitrogen and oxygen atoms in total. The zero-order valence-electron chi connectivity index (χ0n) is 11.9. The molecule has 20 heavy (non-hydrogen) atoms. The molecule has 0 aliphatic carbocycles. The molecular formula is C14H20BrN3O2. The van der Waals surface area contributed by atoms with E-state index in [1.165, 1.54) is 0 Å². The van der Waals surface area contributed by atoms with Crippen LogP contribution in [0.15, 0.2) is 16.7 Å². The predicted octanol–water partition coefficient (Wildman–Crippen LogP) is 1.96. The summed E-state index contributed by atoms with van der Waals surface area (Å²) in [4.78, 5) is 27.9. The van der Waals surface area contributed by atoms with Gasteiger partial charge in [-0.3, -0.25) is 9.59 Å². The number of hydrogen-bond acceptors (Lipinski definition) is 2. The maximum atomic E-state index is 12.6. The van der Waals surface area contributed by atoms with E-state index in [0.717, 1.165) is 23.9 Å². The molecule has 0 atom stereocenters. The Morgan fingerprint density at radius 1 is 1.40 bits per heavy atom. The van der Waals surface area contributed by atoms with E-state index in [9.17, 15) is 9.59 Å². The van der Waals surface area contributed by atoms with Gasteiger partial charge in [0.25, 0.3) is 5.91 Å². The monoisotopic (exact) mass is 341 g/mol. The summed E-state index contributed by atoms with van der Waals surface area (Å²) in [5, 5.41) is 0. The van der Waals surface area contributed by atoms with Crippen LogP contribution in [0.1, 0.15) is 30.3 Å². The van der Waals surface area contributed by atoms with Crippen molar-refractivity contribution in [1.29, 1.82) is 0 Å². The number of rotatable bonds is 3. The molecule has 1 aromatic heterocycles. The first-order valence-electron chi connectivity index (χ1n) is 6.92. The van der Waals surface area contributed by atoms with Gasteiger partial charge < -0.3 is 14.4 Å². The predicted molar refractivity (Wildman–Crippen MR) is 80.6 cm³/mol. The molecule has 1 saturated heterocycles. The molecule has 2 amide bonds. The molecule has 1 fully saturated rings. The van der Waals surface area contributed by atoms with E-state index in [1.807, 2.05) is 16.8 Å². The zero-order valence-corrected chi connectivity index (χ0v) is 13.5. The van der Waals surface area contributed by atoms with Crippen LogP contribution in [0.2, 0.25) is 0 Å². The molecule has 110 valence electrons. The van der Waals surface area contributed by atoms with Crippen molar-refractivity contribution in [2.24, 2.45) is 0 Å². The Bertz CT molecular complexity index is 513. The molecule has 0 unspecified atom stereocenters. The number of carbonyl (C=O) groups excluding carboxylic acids is 2. The number of nitrogens with zero attached hydrogens (tertiary/aromatic N) is 3. The van der Waals surface area contributed by atoms with Crippen molar-refractivity contribution in [3.05, 3.63) is 22.4 Å². The van der Waals surface area contributed by atoms with Crippen LogP contribution < -0.4 is 0 Å². The van der Waals surface area contributed by atoms with Crippen molar-refractivity contribution in [1.82, 2.24) is 14.4 Å². The third kappa shape index (κ3) is 3.23. The van der Waals surface area contributed by atoms with Crippen LogP contribution >= 0.6 is 15.9 Å². The molecule has 0 saturated carbocycles. The number of aromatic nitrogens is 1. The summed E-state index contributed by atoms with van der Waals surface area (Å²) in [5.41, 5.74) is 0.649. The summed E-state index contributed by atoms with van der Waals surface area (Å²) >= 11 is 3.42. The van der Waals surface area contributed by atoms with Crippen LogP contribution in [0.3, 0.4) is 0 Å². The van der Waals surface area contributed by atoms with Gasteiger partial charge in [-0.2, -0.15) is 0 Å². The minimum Gasteiger partial charge on any atom is -0.344 e. The van der Waals surface area contributed by atoms with Crippen molar-refractivity contribution < 1.29 is 9.59 Å². The van der Waals surface area contributed by atoms with E-state index < -0.39 is 0 Å². The summed E-state index contributed by atoms with van der Waals surface area (Å²) < 4.78 is 2.85. The minimum absolute atomic E-state index is 0.00325. The largest absolute Gasteiger partial charge is 0.344 e. The summed E-state index contributed by atoms with van der Waals surface area (Å²) in [6, 6.07) is 1.83. The Labute approximate surface area is 127 Å². The second-order valence-corrected chi connectivity index (χ2v) is 6.05. The van der Waals surface area contributed by atoms with E-state index in [0.29, 0.717) is 18.8 Å². The first kappa shape index (κ1) is 15.1. The van der Waals surface area contributed by atoms with Crippen molar-refractivity contribution in [2.45, 2.75) is 26.3 Å². The number of halogens is 1. The topological polar surface area (TPSA) is 45.6 Å². The van der Waals surface area contributed by atoms with Gasteiger partial charge in [-0.15, -0.1) is 0 Å². The Hall–Kier alpha value is -1.30. The summed E-state index contributed by atoms with van der Waals surface area (Å²) in [7, 11) is 1.78. The van der Waals surface area contributed by atoms with E-state index in [-0.39, 0.29) is 18.4 Å². The van der Waals surface area contributed by atoms with Gasteiger partial charge in [-0.05, 0) is 34.8 Å². The lowest BCUT2D eigenvalue weighted by molar-refractivity contribution is -0.129. The van der Waals surface area contributed by atoms with Crippen molar-refractivity contribution in [3.8, 4) is 0 Å². The highest BCUT2D eigenvalue weighted by molar-refractivity contribution is 9.10. The third-order valence-electron chi connectivity index (χ3n) is 3.51. The van der Waals surface area contributed by atoms with Crippen LogP contribution in [-0.4, -0.2) is 52.9 Å². The zero-order chi connectivity index (χ0) is 14.7. The van der Waals surface area contributed by atoms with Gasteiger partial charge >= 0.3 is 0 Å². The van der Waals surface area contributed by atoms with Gasteiger partial charge in [0.05, 0.1) is 0 Å². The molecule has 2 rings (SSSR count). The van der Waals surface area contributed by atoms with Crippen molar-refractivity contribution in [3.63, 3.8) is 0 Å². The van der Waals surface area contributed by atoms with Crippen molar-refractivity contribution in [2.75, 3.05) is 26.7 Å². The smallest absolute Gasteiger partial charge is 0.270 e. The highest BCUT2D eigenvalue weighted by atomic mass is 79.9. The standard InChI is InChI=1S/C14H20BrN3O2/c1-3-5-17-9-11(15)8-12(17)14(20)18-7-4-6-16(2)13(19)10-18/h8-9H,3-7,10H2,1-2H3. The van der Waals surface area contributed by atoms with E-state index in [4.69, 9.17) is 0 Å². The van der Waals surface area contributed by atoms with Crippen LogP contribution in [0.5, 0.6) is 0 Å². The first-order chi connectivity index (χ1) is 9.52. The Morgan fingerprint density at radius 2 is 2.15 bits per heavy atom. The van der Waals surface area contributed by atoms with Gasteiger partial charge in [-0.25, -0.2) is 0 Å². The minimum atomic E-state index is -0.0622. The number of amides is 2. The second-order valence-electron chi connectivity index (χ2n) is 5.13. The first-order valence-corrected chi connectivity index (χ1v) is 7.71. The summed E-state index contributed by atoms with van der Waals surface area (Å²) in [6.07, 6.45) is 3.70. The van der Waals surface area contributed by atoms with Crippen LogP contribution in [-0.2, 0) is 11.3 Å². The maximum Gasteiger partial charge on any atom is 0.270 e. The fraction of sp³-hybridized carbons (Fsp3) is 0.571. The third-order valence-corrected chi connectivity index (χ3v) is 3.94. The number of carbonyl (C=O) groups is 2. The van der Waals surface area contributed by atoms with Crippen LogP contribution in [0.25, 0.3) is 0 Å². The molecule has 6 heteroatoms. The number of likely N-dealkylation sites (N-methyl/N-ethyl adjacent to an activating group) is 1. The molecular weight excluding hydrogens is 322 g/mol. The van der Waals surface area contributed by atoms with Gasteiger partial charge in [0.1, 0.15) is 12.2 Å². The number of hydrogen-bond donors (Lipinski definition) is 0. The Morgan fingerprint density at radius 3 is 2.85 bits per heavy atom. The van der Waals surface area contributed by atoms with E-state index in [2.05, 4.69) is 22.9 Å². The molecule has 0 spiro atoms. The van der Waals surface area contributed by atoms with Gasteiger partial charge in [0, 0.05) is 37.4 Å². The molecule has 0 N–H and O–H groups in total. The van der Waals surface area contributed by atoms with E-state index in [1.54, 1.807) is 16.8 Å². The fourth-order valence-corrected chi connectivity index (χ4v) is 2.87. The highest BCUT2D eigenvalue weighted by Gasteiger charge is 2.25. The lowest BCUT2D eigenvalue weighted by atomic mass is 10.3. The van der Waals surface area contributed by atoms with E-state index >= 15 is 0 Å². The summed E-state index contributed by atoms with van der Waals surface area (Å²) in [6.45, 7) is 4.39. The molecule has 1 aromatic rings. The molecule has 1 aliphatic rings. The second kappa shape index (κ2) is 6.43. The maximum absolute atomic E-state index is 12.6. The number of aryl methyl sites for hydroxylation is 1. The van der Waals surface area contributed by atoms with Crippen molar-refractivity contribution >= 4 is 27.7 Å². The average molecular weight is 342 g/mol. The van der Waals surface area contributed by atoms with Gasteiger partial charge in [-0.1, -0.05) is 6.92 Å². The normalized spacial score (nSPS) is 16.4. The van der Waals surface area contributed by atoms with Gasteiger partial charge in [0.2, 0.25) is 5.91 Å². The summed E-state index contributed by atoms with van der Waals surface area (Å²) in [5.74, 6) is -0.0590. The SMILES string of the molecule is CCCn1cc(Br)cc1C(=O)N1CCCN(C)C(=O)C1. The quantitative estimate of drug-likeness (QED) is 0.843. The Balaban J connectivity index is 2.20. The highest BCUT2D eigenvalue weighted by Crippen LogP contribution is 2.18. The fourth-order valence-electron chi connectivity index (χ4n) is 2.40. The molecule has 0 bridgehead atoms. The lowest BCUT2D eigenvalue weighted by Gasteiger charge is -2.20. The molecule has 0 aromatic carbocycles. The molecule has 2 heterocycles. The average Bonchev–Trinajstić information content (AvgIpc) is 2.68. The molecule has 0 radical (unpaired) electrons. The lowest BCUT2D eigenvalue weighted by Crippen LogP contribution is -2.38. The Kier molecular flexibility index (Phi) is 4.86. The van der Waals surface area contributed by atoms with Gasteiger partial charge in [0.15, 0.2) is 0 Å².